The Bertz CT molecular complexity index is 1530. The van der Waals surface area contributed by atoms with Gasteiger partial charge in [-0.15, -0.1) is 16.4 Å². The second-order valence-electron chi connectivity index (χ2n) is 7.38. The van der Waals surface area contributed by atoms with Crippen LogP contribution >= 0.6 is 11.3 Å². The molecule has 0 saturated heterocycles. The normalized spacial score (nSPS) is 10.9. The van der Waals surface area contributed by atoms with Gasteiger partial charge in [-0.05, 0) is 47.3 Å². The second kappa shape index (κ2) is 8.68. The Morgan fingerprint density at radius 2 is 1.73 bits per heavy atom. The van der Waals surface area contributed by atoms with E-state index in [1.807, 2.05) is 17.5 Å². The Morgan fingerprint density at radius 3 is 2.52 bits per heavy atom. The van der Waals surface area contributed by atoms with Gasteiger partial charge in [0.15, 0.2) is 5.65 Å². The molecule has 0 saturated carbocycles. The van der Waals surface area contributed by atoms with Crippen molar-refractivity contribution in [3.63, 3.8) is 0 Å². The van der Waals surface area contributed by atoms with Gasteiger partial charge in [0.25, 0.3) is 5.91 Å². The number of nitrogens with zero attached hydrogens (tertiary/aromatic N) is 3. The van der Waals surface area contributed by atoms with Gasteiger partial charge >= 0.3 is 5.69 Å². The van der Waals surface area contributed by atoms with E-state index in [-0.39, 0.29) is 23.9 Å². The van der Waals surface area contributed by atoms with E-state index in [9.17, 15) is 14.4 Å². The number of carbonyl (C=O) groups is 2. The van der Waals surface area contributed by atoms with E-state index in [0.717, 1.165) is 5.56 Å². The van der Waals surface area contributed by atoms with Gasteiger partial charge < -0.3 is 5.32 Å². The fraction of sp³-hybridized carbons (Fsp3) is 0.0400. The fourth-order valence-corrected chi connectivity index (χ4v) is 4.29. The van der Waals surface area contributed by atoms with Gasteiger partial charge in [-0.25, -0.2) is 9.48 Å². The second-order valence-corrected chi connectivity index (χ2v) is 8.32. The monoisotopic (exact) mass is 454 g/mol. The number of hydrogen-bond acceptors (Lipinski definition) is 5. The van der Waals surface area contributed by atoms with Gasteiger partial charge in [0, 0.05) is 17.4 Å². The molecular weight excluding hydrogens is 436 g/mol. The van der Waals surface area contributed by atoms with E-state index >= 15 is 0 Å². The summed E-state index contributed by atoms with van der Waals surface area (Å²) in [4.78, 5) is 39.0. The van der Waals surface area contributed by atoms with E-state index in [1.54, 1.807) is 72.9 Å². The summed E-state index contributed by atoms with van der Waals surface area (Å²) in [7, 11) is 0. The number of aromatic nitrogens is 3. The highest BCUT2D eigenvalue weighted by molar-refractivity contribution is 7.12. The number of benzene rings is 2. The third-order valence-electron chi connectivity index (χ3n) is 5.17. The molecule has 33 heavy (non-hydrogen) atoms. The summed E-state index contributed by atoms with van der Waals surface area (Å²) in [6.45, 7) is 0.262. The highest BCUT2D eigenvalue weighted by Crippen LogP contribution is 2.20. The lowest BCUT2D eigenvalue weighted by Crippen LogP contribution is -2.21. The molecule has 3 heterocycles. The molecule has 0 aliphatic rings. The molecule has 0 spiro atoms. The molecule has 0 bridgehead atoms. The van der Waals surface area contributed by atoms with Crippen LogP contribution < -0.4 is 11.0 Å². The van der Waals surface area contributed by atoms with Crippen molar-refractivity contribution in [2.24, 2.45) is 0 Å². The van der Waals surface area contributed by atoms with Gasteiger partial charge in [0.1, 0.15) is 0 Å². The molecule has 0 aliphatic heterocycles. The van der Waals surface area contributed by atoms with Gasteiger partial charge in [-0.2, -0.15) is 0 Å². The topological polar surface area (TPSA) is 85.5 Å². The van der Waals surface area contributed by atoms with Crippen molar-refractivity contribution < 1.29 is 9.59 Å². The zero-order valence-corrected chi connectivity index (χ0v) is 18.2. The van der Waals surface area contributed by atoms with Gasteiger partial charge in [-0.3, -0.25) is 14.0 Å². The minimum atomic E-state index is -0.377. The van der Waals surface area contributed by atoms with Crippen molar-refractivity contribution in [1.29, 1.82) is 0 Å². The SMILES string of the molecule is O=C(Nc1cccc(Cn2nc3ccccn3c2=O)c1)c1ccccc1C(=O)c1cccs1. The summed E-state index contributed by atoms with van der Waals surface area (Å²) in [5, 5.41) is 9.04. The number of nitrogens with one attached hydrogen (secondary N) is 1. The molecule has 0 fully saturated rings. The molecular formula is C25H18N4O3S. The Morgan fingerprint density at radius 1 is 0.909 bits per heavy atom. The molecule has 5 aromatic rings. The van der Waals surface area contributed by atoms with Crippen molar-refractivity contribution in [2.45, 2.75) is 6.54 Å². The first-order valence-corrected chi connectivity index (χ1v) is 11.1. The predicted octanol–water partition coefficient (Wildman–Crippen LogP) is 4.09. The minimum absolute atomic E-state index is 0.185. The molecule has 0 unspecified atom stereocenters. The number of carbonyl (C=O) groups excluding carboxylic acids is 2. The van der Waals surface area contributed by atoms with Crippen LogP contribution in [0.5, 0.6) is 0 Å². The number of anilines is 1. The summed E-state index contributed by atoms with van der Waals surface area (Å²) in [5.74, 6) is -0.562. The van der Waals surface area contributed by atoms with E-state index in [1.165, 1.54) is 20.4 Å². The van der Waals surface area contributed by atoms with E-state index in [2.05, 4.69) is 10.4 Å². The number of pyridine rings is 1. The molecule has 162 valence electrons. The smallest absolute Gasteiger partial charge is 0.322 e. The van der Waals surface area contributed by atoms with Crippen molar-refractivity contribution in [2.75, 3.05) is 5.32 Å². The molecule has 1 N–H and O–H groups in total. The largest absolute Gasteiger partial charge is 0.350 e. The highest BCUT2D eigenvalue weighted by Gasteiger charge is 2.19. The summed E-state index contributed by atoms with van der Waals surface area (Å²) < 4.78 is 2.86. The summed E-state index contributed by atoms with van der Waals surface area (Å²) in [6, 6.07) is 22.9. The van der Waals surface area contributed by atoms with Crippen LogP contribution in [0.15, 0.2) is 95.2 Å². The van der Waals surface area contributed by atoms with Crippen LogP contribution in [0, 0.1) is 0 Å². The average molecular weight is 455 g/mol. The average Bonchev–Trinajstić information content (AvgIpc) is 3.48. The molecule has 5 rings (SSSR count). The standard InChI is InChI=1S/C25H18N4O3S/c30-23(21-11-6-14-33-21)19-9-1-2-10-20(19)24(31)26-18-8-5-7-17(15-18)16-29-25(32)28-13-4-3-12-22(28)27-29/h1-15H,16H2,(H,26,31). The summed E-state index contributed by atoms with van der Waals surface area (Å²) in [5.41, 5.74) is 2.36. The predicted molar refractivity (Wildman–Crippen MR) is 127 cm³/mol. The number of thiophene rings is 1. The Labute approximate surface area is 192 Å². The highest BCUT2D eigenvalue weighted by atomic mass is 32.1. The first-order valence-electron chi connectivity index (χ1n) is 10.2. The molecule has 0 atom stereocenters. The first-order chi connectivity index (χ1) is 16.1. The van der Waals surface area contributed by atoms with Crippen LogP contribution in [0.1, 0.15) is 31.2 Å². The van der Waals surface area contributed by atoms with Crippen LogP contribution in [0.3, 0.4) is 0 Å². The first kappa shape index (κ1) is 20.6. The molecule has 3 aromatic heterocycles. The fourth-order valence-electron chi connectivity index (χ4n) is 3.61. The molecule has 0 aliphatic carbocycles. The van der Waals surface area contributed by atoms with E-state index in [0.29, 0.717) is 27.3 Å². The minimum Gasteiger partial charge on any atom is -0.322 e. The van der Waals surface area contributed by atoms with Crippen molar-refractivity contribution in [3.05, 3.63) is 122 Å². The third kappa shape index (κ3) is 4.11. The molecule has 8 heteroatoms. The van der Waals surface area contributed by atoms with Crippen LogP contribution in [0.4, 0.5) is 5.69 Å². The maximum absolute atomic E-state index is 13.0. The summed E-state index contributed by atoms with van der Waals surface area (Å²) >= 11 is 1.34. The van der Waals surface area contributed by atoms with Crippen molar-refractivity contribution >= 4 is 34.4 Å². The van der Waals surface area contributed by atoms with E-state index in [4.69, 9.17) is 0 Å². The molecule has 2 aromatic carbocycles. The van der Waals surface area contributed by atoms with Crippen LogP contribution in [0.25, 0.3) is 5.65 Å². The Hall–Kier alpha value is -4.30. The van der Waals surface area contributed by atoms with Crippen LogP contribution in [-0.4, -0.2) is 25.9 Å². The number of ketones is 1. The number of hydrogen-bond donors (Lipinski definition) is 1. The van der Waals surface area contributed by atoms with Crippen LogP contribution in [-0.2, 0) is 6.54 Å². The molecule has 0 radical (unpaired) electrons. The Balaban J connectivity index is 1.38. The van der Waals surface area contributed by atoms with Gasteiger partial charge in [-0.1, -0.05) is 42.5 Å². The lowest BCUT2D eigenvalue weighted by atomic mass is 10.0. The lowest BCUT2D eigenvalue weighted by Gasteiger charge is -2.10. The summed E-state index contributed by atoms with van der Waals surface area (Å²) in [6.07, 6.45) is 1.67. The van der Waals surface area contributed by atoms with Gasteiger partial charge in [0.05, 0.1) is 17.0 Å². The molecule has 7 nitrogen and oxygen atoms in total. The number of fused-ring (bicyclic) bond motifs is 1. The maximum Gasteiger partial charge on any atom is 0.350 e. The maximum atomic E-state index is 13.0. The quantitative estimate of drug-likeness (QED) is 0.392. The van der Waals surface area contributed by atoms with Crippen molar-refractivity contribution in [3.8, 4) is 0 Å². The Kier molecular flexibility index (Phi) is 5.42. The zero-order chi connectivity index (χ0) is 22.8. The van der Waals surface area contributed by atoms with Gasteiger partial charge in [0.2, 0.25) is 5.78 Å². The lowest BCUT2D eigenvalue weighted by molar-refractivity contribution is 0.0998. The van der Waals surface area contributed by atoms with Crippen LogP contribution in [0.2, 0.25) is 0 Å². The van der Waals surface area contributed by atoms with E-state index < -0.39 is 0 Å². The molecule has 1 amide bonds. The number of rotatable bonds is 6. The third-order valence-corrected chi connectivity index (χ3v) is 6.04. The number of amides is 1. The zero-order valence-electron chi connectivity index (χ0n) is 17.3. The van der Waals surface area contributed by atoms with Crippen molar-refractivity contribution in [1.82, 2.24) is 14.2 Å².